The van der Waals surface area contributed by atoms with Crippen molar-refractivity contribution in [3.05, 3.63) is 47.5 Å². The first-order valence-electron chi connectivity index (χ1n) is 9.60. The molecule has 28 heavy (non-hydrogen) atoms. The van der Waals surface area contributed by atoms with Crippen LogP contribution in [-0.2, 0) is 13.6 Å². The van der Waals surface area contributed by atoms with E-state index in [4.69, 9.17) is 4.74 Å². The maximum Gasteiger partial charge on any atom is 0.317 e. The third kappa shape index (κ3) is 4.81. The third-order valence-corrected chi connectivity index (χ3v) is 4.98. The minimum Gasteiger partial charge on any atom is -0.491 e. The number of likely N-dealkylation sites (tertiary alicyclic amines) is 1. The quantitative estimate of drug-likeness (QED) is 0.762. The summed E-state index contributed by atoms with van der Waals surface area (Å²) in [6.07, 6.45) is 4.98. The van der Waals surface area contributed by atoms with Gasteiger partial charge in [0.05, 0.1) is 18.9 Å². The van der Waals surface area contributed by atoms with E-state index >= 15 is 0 Å². The number of aliphatic hydroxyl groups is 1. The average Bonchev–Trinajstić information content (AvgIpc) is 3.31. The summed E-state index contributed by atoms with van der Waals surface area (Å²) in [5, 5.41) is 17.4. The summed E-state index contributed by atoms with van der Waals surface area (Å²) < 4.78 is 20.8. The molecule has 1 aliphatic rings. The summed E-state index contributed by atoms with van der Waals surface area (Å²) in [5.74, 6) is -0.228. The zero-order valence-electron chi connectivity index (χ0n) is 16.3. The summed E-state index contributed by atoms with van der Waals surface area (Å²) in [6, 6.07) is 4.45. The van der Waals surface area contributed by atoms with Crippen LogP contribution in [0.25, 0.3) is 0 Å². The van der Waals surface area contributed by atoms with Crippen molar-refractivity contribution in [3.8, 4) is 5.75 Å². The predicted molar refractivity (Wildman–Crippen MR) is 102 cm³/mol. The van der Waals surface area contributed by atoms with Gasteiger partial charge in [0.1, 0.15) is 0 Å². The minimum absolute atomic E-state index is 0.0349. The van der Waals surface area contributed by atoms with Crippen LogP contribution in [0, 0.1) is 5.82 Å². The number of carbonyl (C=O) groups excluding carboxylic acids is 1. The normalized spacial score (nSPS) is 17.6. The number of amides is 2. The predicted octanol–water partition coefficient (Wildman–Crippen LogP) is 2.76. The first-order valence-corrected chi connectivity index (χ1v) is 9.60. The number of halogens is 1. The number of aromatic nitrogens is 2. The van der Waals surface area contributed by atoms with Crippen LogP contribution < -0.4 is 10.1 Å². The lowest BCUT2D eigenvalue weighted by molar-refractivity contribution is 0.126. The average molecular weight is 390 g/mol. The number of benzene rings is 1. The second-order valence-corrected chi connectivity index (χ2v) is 7.04. The number of aliphatic hydroxyl groups excluding tert-OH is 1. The van der Waals surface area contributed by atoms with Crippen molar-refractivity contribution in [2.24, 2.45) is 7.05 Å². The van der Waals surface area contributed by atoms with Crippen LogP contribution in [0.15, 0.2) is 30.6 Å². The Kier molecular flexibility index (Phi) is 6.51. The molecule has 0 spiro atoms. The summed E-state index contributed by atoms with van der Waals surface area (Å²) in [4.78, 5) is 14.4. The Morgan fingerprint density at radius 1 is 1.50 bits per heavy atom. The molecule has 2 atom stereocenters. The highest BCUT2D eigenvalue weighted by Gasteiger charge is 2.30. The SMILES string of the molecule is CCOc1ccc(CNC(=O)N2CCCC2CC(O)c2cnn(C)c2)cc1F. The van der Waals surface area contributed by atoms with Crippen molar-refractivity contribution in [1.82, 2.24) is 20.0 Å². The van der Waals surface area contributed by atoms with E-state index in [0.29, 0.717) is 25.1 Å². The first kappa shape index (κ1) is 20.1. The monoisotopic (exact) mass is 390 g/mol. The molecule has 3 rings (SSSR count). The molecule has 1 saturated heterocycles. The number of hydrogen-bond acceptors (Lipinski definition) is 4. The molecule has 1 fully saturated rings. The molecule has 2 N–H and O–H groups in total. The lowest BCUT2D eigenvalue weighted by Gasteiger charge is -2.26. The largest absolute Gasteiger partial charge is 0.491 e. The second kappa shape index (κ2) is 9.05. The molecule has 2 amide bonds. The van der Waals surface area contributed by atoms with Gasteiger partial charge in [0.25, 0.3) is 0 Å². The van der Waals surface area contributed by atoms with Crippen LogP contribution >= 0.6 is 0 Å². The number of hydrogen-bond donors (Lipinski definition) is 2. The van der Waals surface area contributed by atoms with Gasteiger partial charge >= 0.3 is 6.03 Å². The molecule has 1 aromatic heterocycles. The Labute approximate surface area is 164 Å². The molecule has 2 unspecified atom stereocenters. The zero-order chi connectivity index (χ0) is 20.1. The lowest BCUT2D eigenvalue weighted by atomic mass is 10.0. The molecular weight excluding hydrogens is 363 g/mol. The van der Waals surface area contributed by atoms with Crippen molar-refractivity contribution in [2.75, 3.05) is 13.2 Å². The fourth-order valence-corrected chi connectivity index (χ4v) is 3.56. The van der Waals surface area contributed by atoms with E-state index in [1.165, 1.54) is 6.07 Å². The number of carbonyl (C=O) groups is 1. The standard InChI is InChI=1S/C20H27FN4O3/c1-3-28-19-7-6-14(9-17(19)21)11-22-20(27)25-8-4-5-16(25)10-18(26)15-12-23-24(2)13-15/h6-7,9,12-13,16,18,26H,3-5,8,10-11H2,1-2H3,(H,22,27). The molecule has 1 aromatic carbocycles. The van der Waals surface area contributed by atoms with E-state index in [0.717, 1.165) is 18.4 Å². The van der Waals surface area contributed by atoms with E-state index in [-0.39, 0.29) is 24.4 Å². The number of aryl methyl sites for hydroxylation is 1. The van der Waals surface area contributed by atoms with Gasteiger partial charge in [-0.2, -0.15) is 5.10 Å². The number of rotatable bonds is 7. The van der Waals surface area contributed by atoms with E-state index in [1.54, 1.807) is 48.1 Å². The summed E-state index contributed by atoms with van der Waals surface area (Å²) in [6.45, 7) is 3.07. The molecule has 8 heteroatoms. The summed E-state index contributed by atoms with van der Waals surface area (Å²) >= 11 is 0. The molecule has 152 valence electrons. The van der Waals surface area contributed by atoms with Gasteiger partial charge in [0, 0.05) is 37.9 Å². The Balaban J connectivity index is 1.55. The minimum atomic E-state index is -0.660. The van der Waals surface area contributed by atoms with Gasteiger partial charge in [0.2, 0.25) is 0 Å². The van der Waals surface area contributed by atoms with Crippen LogP contribution in [-0.4, -0.2) is 45.0 Å². The molecular formula is C20H27FN4O3. The van der Waals surface area contributed by atoms with Crippen molar-refractivity contribution >= 4 is 6.03 Å². The van der Waals surface area contributed by atoms with Crippen LogP contribution in [0.3, 0.4) is 0 Å². The maximum atomic E-state index is 13.9. The van der Waals surface area contributed by atoms with Gasteiger partial charge in [-0.1, -0.05) is 6.07 Å². The topological polar surface area (TPSA) is 79.6 Å². The molecule has 0 aliphatic carbocycles. The smallest absolute Gasteiger partial charge is 0.317 e. The Morgan fingerprint density at radius 3 is 3.00 bits per heavy atom. The van der Waals surface area contributed by atoms with Gasteiger partial charge in [-0.15, -0.1) is 0 Å². The van der Waals surface area contributed by atoms with Gasteiger partial charge in [-0.25, -0.2) is 9.18 Å². The van der Waals surface area contributed by atoms with Crippen LogP contribution in [0.5, 0.6) is 5.75 Å². The summed E-state index contributed by atoms with van der Waals surface area (Å²) in [5.41, 5.74) is 1.42. The van der Waals surface area contributed by atoms with Crippen LogP contribution in [0.4, 0.5) is 9.18 Å². The van der Waals surface area contributed by atoms with Gasteiger partial charge < -0.3 is 20.1 Å². The fraction of sp³-hybridized carbons (Fsp3) is 0.500. The van der Waals surface area contributed by atoms with Gasteiger partial charge in [-0.3, -0.25) is 4.68 Å². The van der Waals surface area contributed by atoms with Gasteiger partial charge in [0.15, 0.2) is 11.6 Å². The van der Waals surface area contributed by atoms with E-state index in [2.05, 4.69) is 10.4 Å². The number of ether oxygens (including phenoxy) is 1. The highest BCUT2D eigenvalue weighted by atomic mass is 19.1. The van der Waals surface area contributed by atoms with Crippen molar-refractivity contribution < 1.29 is 19.0 Å². The van der Waals surface area contributed by atoms with Crippen LogP contribution in [0.1, 0.15) is 43.4 Å². The molecule has 0 saturated carbocycles. The van der Waals surface area contributed by atoms with E-state index in [9.17, 15) is 14.3 Å². The molecule has 1 aliphatic heterocycles. The number of nitrogens with zero attached hydrogens (tertiary/aromatic N) is 3. The highest BCUT2D eigenvalue weighted by molar-refractivity contribution is 5.74. The van der Waals surface area contributed by atoms with Crippen molar-refractivity contribution in [3.63, 3.8) is 0 Å². The fourth-order valence-electron chi connectivity index (χ4n) is 3.56. The Hall–Kier alpha value is -2.61. The number of nitrogens with one attached hydrogen (secondary N) is 1. The van der Waals surface area contributed by atoms with E-state index < -0.39 is 11.9 Å². The third-order valence-electron chi connectivity index (χ3n) is 4.98. The molecule has 0 bridgehead atoms. The first-order chi connectivity index (χ1) is 13.5. The van der Waals surface area contributed by atoms with Crippen molar-refractivity contribution in [2.45, 2.75) is 44.9 Å². The van der Waals surface area contributed by atoms with Crippen molar-refractivity contribution in [1.29, 1.82) is 0 Å². The zero-order valence-corrected chi connectivity index (χ0v) is 16.3. The molecule has 2 heterocycles. The maximum absolute atomic E-state index is 13.9. The number of urea groups is 1. The molecule has 2 aromatic rings. The summed E-state index contributed by atoms with van der Waals surface area (Å²) in [7, 11) is 1.80. The van der Waals surface area contributed by atoms with E-state index in [1.807, 2.05) is 0 Å². The molecule has 7 nitrogen and oxygen atoms in total. The second-order valence-electron chi connectivity index (χ2n) is 7.04. The molecule has 0 radical (unpaired) electrons. The van der Waals surface area contributed by atoms with Crippen LogP contribution in [0.2, 0.25) is 0 Å². The Morgan fingerprint density at radius 2 is 2.32 bits per heavy atom. The lowest BCUT2D eigenvalue weighted by Crippen LogP contribution is -2.43. The Bertz CT molecular complexity index is 810. The van der Waals surface area contributed by atoms with Gasteiger partial charge in [-0.05, 0) is 43.9 Å². The highest BCUT2D eigenvalue weighted by Crippen LogP contribution is 2.27.